The van der Waals surface area contributed by atoms with Crippen LogP contribution >= 0.6 is 0 Å². The standard InChI is InChI=1S/C25H29N7/c1-31-9-11-32(12-10-31)20-6-4-17(5-7-20)19-13-21-23-22(29-25(21)27-15-19)16-28-24(30-23)18-3-2-8-26-14-18/h4-7,13,15-16,18,26H,2-3,8-12,14H2,1H3,(H,27,29). The van der Waals surface area contributed by atoms with Gasteiger partial charge in [-0.2, -0.15) is 0 Å². The van der Waals surface area contributed by atoms with Gasteiger partial charge in [0.15, 0.2) is 0 Å². The van der Waals surface area contributed by atoms with Crippen molar-refractivity contribution in [1.82, 2.24) is 30.2 Å². The molecule has 7 heteroatoms. The summed E-state index contributed by atoms with van der Waals surface area (Å²) in [6.07, 6.45) is 6.18. The van der Waals surface area contributed by atoms with Crippen molar-refractivity contribution in [2.75, 3.05) is 51.2 Å². The van der Waals surface area contributed by atoms with Crippen molar-refractivity contribution >= 4 is 27.8 Å². The van der Waals surface area contributed by atoms with E-state index in [1.54, 1.807) is 0 Å². The number of pyridine rings is 1. The van der Waals surface area contributed by atoms with E-state index in [9.17, 15) is 0 Å². The zero-order valence-corrected chi connectivity index (χ0v) is 18.5. The monoisotopic (exact) mass is 427 g/mol. The van der Waals surface area contributed by atoms with E-state index in [4.69, 9.17) is 9.97 Å². The van der Waals surface area contributed by atoms with Crippen LogP contribution in [0.4, 0.5) is 5.69 Å². The number of fused-ring (bicyclic) bond motifs is 3. The number of aromatic amines is 1. The Kier molecular flexibility index (Phi) is 5.00. The zero-order valence-electron chi connectivity index (χ0n) is 18.5. The lowest BCUT2D eigenvalue weighted by Crippen LogP contribution is -2.44. The van der Waals surface area contributed by atoms with E-state index >= 15 is 0 Å². The molecule has 0 spiro atoms. The molecule has 4 aromatic rings. The van der Waals surface area contributed by atoms with E-state index in [1.807, 2.05) is 12.4 Å². The number of benzene rings is 1. The summed E-state index contributed by atoms with van der Waals surface area (Å²) in [5, 5.41) is 4.53. The Balaban J connectivity index is 1.32. The smallest absolute Gasteiger partial charge is 0.140 e. The molecule has 2 fully saturated rings. The van der Waals surface area contributed by atoms with Gasteiger partial charge in [-0.25, -0.2) is 15.0 Å². The van der Waals surface area contributed by atoms with Crippen molar-refractivity contribution in [3.8, 4) is 11.1 Å². The van der Waals surface area contributed by atoms with Crippen LogP contribution in [0.25, 0.3) is 33.2 Å². The van der Waals surface area contributed by atoms with Crippen LogP contribution in [0, 0.1) is 0 Å². The molecule has 1 aromatic carbocycles. The molecular weight excluding hydrogens is 398 g/mol. The van der Waals surface area contributed by atoms with E-state index in [0.717, 1.165) is 79.1 Å². The summed E-state index contributed by atoms with van der Waals surface area (Å²) >= 11 is 0. The molecule has 1 unspecified atom stereocenters. The van der Waals surface area contributed by atoms with E-state index in [2.05, 4.69) is 62.5 Å². The fourth-order valence-corrected chi connectivity index (χ4v) is 4.92. The Hall–Kier alpha value is -3.03. The molecule has 3 aromatic heterocycles. The number of piperazine rings is 1. The van der Waals surface area contributed by atoms with Crippen molar-refractivity contribution < 1.29 is 0 Å². The van der Waals surface area contributed by atoms with Gasteiger partial charge < -0.3 is 20.1 Å². The van der Waals surface area contributed by atoms with Crippen molar-refractivity contribution in [3.05, 3.63) is 48.5 Å². The number of nitrogens with zero attached hydrogens (tertiary/aromatic N) is 5. The Morgan fingerprint density at radius 3 is 2.59 bits per heavy atom. The van der Waals surface area contributed by atoms with Crippen LogP contribution in [0.2, 0.25) is 0 Å². The molecule has 5 heterocycles. The summed E-state index contributed by atoms with van der Waals surface area (Å²) in [6, 6.07) is 11.1. The van der Waals surface area contributed by atoms with Crippen molar-refractivity contribution in [1.29, 1.82) is 0 Å². The molecule has 6 rings (SSSR count). The number of hydrogen-bond donors (Lipinski definition) is 2. The molecule has 32 heavy (non-hydrogen) atoms. The second-order valence-electron chi connectivity index (χ2n) is 9.12. The number of rotatable bonds is 3. The van der Waals surface area contributed by atoms with E-state index in [-0.39, 0.29) is 0 Å². The van der Waals surface area contributed by atoms with Crippen LogP contribution in [-0.2, 0) is 0 Å². The largest absolute Gasteiger partial charge is 0.369 e. The minimum absolute atomic E-state index is 0.386. The minimum Gasteiger partial charge on any atom is -0.369 e. The van der Waals surface area contributed by atoms with Crippen LogP contribution in [0.5, 0.6) is 0 Å². The zero-order chi connectivity index (χ0) is 21.5. The maximum Gasteiger partial charge on any atom is 0.140 e. The highest BCUT2D eigenvalue weighted by Crippen LogP contribution is 2.30. The van der Waals surface area contributed by atoms with Gasteiger partial charge in [0.1, 0.15) is 17.0 Å². The summed E-state index contributed by atoms with van der Waals surface area (Å²) < 4.78 is 0. The number of piperidine rings is 1. The van der Waals surface area contributed by atoms with Crippen LogP contribution in [0.1, 0.15) is 24.6 Å². The first-order valence-corrected chi connectivity index (χ1v) is 11.6. The fourth-order valence-electron chi connectivity index (χ4n) is 4.92. The highest BCUT2D eigenvalue weighted by Gasteiger charge is 2.19. The molecule has 0 saturated carbocycles. The molecule has 2 aliphatic rings. The Morgan fingerprint density at radius 2 is 1.81 bits per heavy atom. The minimum atomic E-state index is 0.386. The molecule has 0 radical (unpaired) electrons. The highest BCUT2D eigenvalue weighted by molar-refractivity contribution is 6.04. The SMILES string of the molecule is CN1CCN(c2ccc(-c3cnc4[nH]c5cnc(C6CCCNC6)nc5c4c3)cc2)CC1. The lowest BCUT2D eigenvalue weighted by Gasteiger charge is -2.34. The van der Waals surface area contributed by atoms with Gasteiger partial charge in [-0.1, -0.05) is 12.1 Å². The Bertz CT molecular complexity index is 1230. The van der Waals surface area contributed by atoms with E-state index in [1.165, 1.54) is 17.7 Å². The molecule has 2 aliphatic heterocycles. The van der Waals surface area contributed by atoms with Gasteiger partial charge in [0.2, 0.25) is 0 Å². The molecule has 2 N–H and O–H groups in total. The van der Waals surface area contributed by atoms with Crippen molar-refractivity contribution in [3.63, 3.8) is 0 Å². The number of aromatic nitrogens is 4. The predicted molar refractivity (Wildman–Crippen MR) is 129 cm³/mol. The molecule has 1 atom stereocenters. The second-order valence-corrected chi connectivity index (χ2v) is 9.12. The van der Waals surface area contributed by atoms with Crippen LogP contribution in [0.15, 0.2) is 42.7 Å². The topological polar surface area (TPSA) is 73.0 Å². The third-order valence-corrected chi connectivity index (χ3v) is 6.93. The number of likely N-dealkylation sites (N-methyl/N-ethyl adjacent to an activating group) is 1. The van der Waals surface area contributed by atoms with Crippen LogP contribution in [0.3, 0.4) is 0 Å². The molecule has 7 nitrogen and oxygen atoms in total. The predicted octanol–water partition coefficient (Wildman–Crippen LogP) is 3.39. The first kappa shape index (κ1) is 19.6. The third-order valence-electron chi connectivity index (χ3n) is 6.93. The van der Waals surface area contributed by atoms with E-state index in [0.29, 0.717) is 5.92 Å². The first-order valence-electron chi connectivity index (χ1n) is 11.6. The molecule has 0 bridgehead atoms. The third kappa shape index (κ3) is 3.61. The molecule has 164 valence electrons. The average molecular weight is 428 g/mol. The summed E-state index contributed by atoms with van der Waals surface area (Å²) in [5.41, 5.74) is 6.37. The molecule has 0 aliphatic carbocycles. The van der Waals surface area contributed by atoms with Crippen LogP contribution < -0.4 is 10.2 Å². The average Bonchev–Trinajstić information content (AvgIpc) is 3.22. The molecule has 0 amide bonds. The van der Waals surface area contributed by atoms with Gasteiger partial charge in [0.25, 0.3) is 0 Å². The quantitative estimate of drug-likeness (QED) is 0.522. The fraction of sp³-hybridized carbons (Fsp3) is 0.400. The number of anilines is 1. The summed E-state index contributed by atoms with van der Waals surface area (Å²) in [5.74, 6) is 1.32. The number of nitrogens with one attached hydrogen (secondary N) is 2. The van der Waals surface area contributed by atoms with Gasteiger partial charge >= 0.3 is 0 Å². The Morgan fingerprint density at radius 1 is 0.969 bits per heavy atom. The van der Waals surface area contributed by atoms with Gasteiger partial charge in [0, 0.05) is 61.5 Å². The van der Waals surface area contributed by atoms with Gasteiger partial charge in [0.05, 0.1) is 11.7 Å². The summed E-state index contributed by atoms with van der Waals surface area (Å²) in [4.78, 5) is 22.5. The summed E-state index contributed by atoms with van der Waals surface area (Å²) in [7, 11) is 2.19. The second kappa shape index (κ2) is 8.15. The molecular formula is C25H29N7. The summed E-state index contributed by atoms with van der Waals surface area (Å²) in [6.45, 7) is 6.44. The normalized spacial score (nSPS) is 20.3. The van der Waals surface area contributed by atoms with Crippen LogP contribution in [-0.4, -0.2) is 71.2 Å². The van der Waals surface area contributed by atoms with Gasteiger partial charge in [-0.05, 0) is 50.2 Å². The first-order chi connectivity index (χ1) is 15.7. The highest BCUT2D eigenvalue weighted by atomic mass is 15.2. The Labute approximate surface area is 187 Å². The number of H-pyrrole nitrogens is 1. The van der Waals surface area contributed by atoms with Gasteiger partial charge in [-0.3, -0.25) is 0 Å². The van der Waals surface area contributed by atoms with Gasteiger partial charge in [-0.15, -0.1) is 0 Å². The lowest BCUT2D eigenvalue weighted by molar-refractivity contribution is 0.313. The number of hydrogen-bond acceptors (Lipinski definition) is 6. The molecule has 2 saturated heterocycles. The lowest BCUT2D eigenvalue weighted by atomic mass is 9.99. The maximum absolute atomic E-state index is 4.97. The van der Waals surface area contributed by atoms with E-state index < -0.39 is 0 Å². The van der Waals surface area contributed by atoms with Crippen molar-refractivity contribution in [2.45, 2.75) is 18.8 Å². The maximum atomic E-state index is 4.97. The van der Waals surface area contributed by atoms with Crippen molar-refractivity contribution in [2.24, 2.45) is 0 Å².